The number of rotatable bonds is 6. The average molecular weight is 353 g/mol. The monoisotopic (exact) mass is 353 g/mol. The Balaban J connectivity index is 1.78. The van der Waals surface area contributed by atoms with Crippen LogP contribution in [0.5, 0.6) is 5.75 Å². The Bertz CT molecular complexity index is 845. The average Bonchev–Trinajstić information content (AvgIpc) is 3.11. The fraction of sp³-hybridized carbons (Fsp3) is 0.211. The summed E-state index contributed by atoms with van der Waals surface area (Å²) in [6.45, 7) is 0. The lowest BCUT2D eigenvalue weighted by atomic mass is 10.1. The molecule has 1 aromatic heterocycles. The molecule has 0 amide bonds. The van der Waals surface area contributed by atoms with Gasteiger partial charge in [0, 0.05) is 12.0 Å². The third kappa shape index (κ3) is 4.09. The van der Waals surface area contributed by atoms with Crippen LogP contribution in [0.15, 0.2) is 59.8 Å². The molecule has 2 aromatic carbocycles. The van der Waals surface area contributed by atoms with Crippen molar-refractivity contribution in [1.29, 1.82) is 0 Å². The molecule has 0 bridgehead atoms. The molecule has 0 spiro atoms. The third-order valence-electron chi connectivity index (χ3n) is 3.81. The molecular weight excluding hydrogens is 334 g/mol. The van der Waals surface area contributed by atoms with Gasteiger partial charge in [0.25, 0.3) is 0 Å². The highest BCUT2D eigenvalue weighted by molar-refractivity contribution is 7.98. The van der Waals surface area contributed by atoms with Crippen LogP contribution < -0.4 is 4.74 Å². The summed E-state index contributed by atoms with van der Waals surface area (Å²) in [5, 5.41) is 5.01. The Morgan fingerprint density at radius 2 is 1.84 bits per heavy atom. The number of thioether (sulfide) groups is 1. The molecule has 0 N–H and O–H groups in total. The van der Waals surface area contributed by atoms with E-state index < -0.39 is 0 Å². The molecule has 5 nitrogen and oxygen atoms in total. The van der Waals surface area contributed by atoms with Crippen LogP contribution in [0.3, 0.4) is 0 Å². The summed E-state index contributed by atoms with van der Waals surface area (Å²) in [5.74, 6) is 1.26. The lowest BCUT2D eigenvalue weighted by Gasteiger charge is -2.03. The second-order valence-electron chi connectivity index (χ2n) is 5.44. The zero-order valence-electron chi connectivity index (χ0n) is 14.2. The van der Waals surface area contributed by atoms with Crippen molar-refractivity contribution in [2.75, 3.05) is 13.4 Å². The molecule has 128 valence electrons. The number of carbonyl (C=O) groups is 1. The molecular formula is C19H19N3O2S. The smallest absolute Gasteiger partial charge is 0.249 e. The van der Waals surface area contributed by atoms with Crippen molar-refractivity contribution in [3.05, 3.63) is 60.2 Å². The van der Waals surface area contributed by atoms with Crippen LogP contribution in [0, 0.1) is 0 Å². The lowest BCUT2D eigenvalue weighted by molar-refractivity contribution is 0.0875. The van der Waals surface area contributed by atoms with Crippen molar-refractivity contribution >= 4 is 17.7 Å². The third-order valence-corrected chi connectivity index (χ3v) is 4.44. The number of hydrogen-bond acceptors (Lipinski definition) is 5. The highest BCUT2D eigenvalue weighted by atomic mass is 32.2. The van der Waals surface area contributed by atoms with Crippen molar-refractivity contribution in [2.24, 2.45) is 0 Å². The van der Waals surface area contributed by atoms with Gasteiger partial charge < -0.3 is 4.74 Å². The first-order valence-electron chi connectivity index (χ1n) is 7.94. The van der Waals surface area contributed by atoms with Gasteiger partial charge in [0.2, 0.25) is 5.91 Å². The lowest BCUT2D eigenvalue weighted by Crippen LogP contribution is -2.14. The van der Waals surface area contributed by atoms with Crippen LogP contribution in [0.2, 0.25) is 0 Å². The number of ether oxygens (including phenoxy) is 1. The van der Waals surface area contributed by atoms with E-state index in [9.17, 15) is 4.79 Å². The van der Waals surface area contributed by atoms with Gasteiger partial charge in [-0.15, -0.1) is 5.10 Å². The quantitative estimate of drug-likeness (QED) is 0.628. The Morgan fingerprint density at radius 1 is 1.12 bits per heavy atom. The first kappa shape index (κ1) is 17.2. The summed E-state index contributed by atoms with van der Waals surface area (Å²) in [7, 11) is 1.62. The molecule has 0 fully saturated rings. The van der Waals surface area contributed by atoms with Crippen molar-refractivity contribution in [1.82, 2.24) is 14.8 Å². The van der Waals surface area contributed by atoms with Crippen molar-refractivity contribution in [3.8, 4) is 17.1 Å². The predicted molar refractivity (Wildman–Crippen MR) is 99.2 cm³/mol. The normalized spacial score (nSPS) is 10.6. The summed E-state index contributed by atoms with van der Waals surface area (Å²) < 4.78 is 6.57. The minimum Gasteiger partial charge on any atom is -0.497 e. The zero-order chi connectivity index (χ0) is 17.6. The topological polar surface area (TPSA) is 57.0 Å². The minimum absolute atomic E-state index is 0.0551. The highest BCUT2D eigenvalue weighted by Gasteiger charge is 2.16. The van der Waals surface area contributed by atoms with Crippen LogP contribution in [-0.4, -0.2) is 34.0 Å². The fourth-order valence-corrected chi connectivity index (χ4v) is 2.95. The van der Waals surface area contributed by atoms with Gasteiger partial charge in [-0.05, 0) is 42.5 Å². The van der Waals surface area contributed by atoms with Crippen LogP contribution >= 0.6 is 11.8 Å². The molecule has 0 saturated heterocycles. The number of aryl methyl sites for hydroxylation is 1. The van der Waals surface area contributed by atoms with E-state index in [2.05, 4.69) is 10.1 Å². The Labute approximate surface area is 151 Å². The summed E-state index contributed by atoms with van der Waals surface area (Å²) >= 11 is 1.41. The van der Waals surface area contributed by atoms with Crippen molar-refractivity contribution in [2.45, 2.75) is 18.0 Å². The largest absolute Gasteiger partial charge is 0.497 e. The molecule has 0 saturated carbocycles. The molecule has 3 aromatic rings. The van der Waals surface area contributed by atoms with E-state index in [1.165, 1.54) is 16.4 Å². The molecule has 0 aliphatic heterocycles. The number of benzene rings is 2. The molecule has 0 unspecified atom stereocenters. The first-order valence-corrected chi connectivity index (χ1v) is 9.16. The molecule has 3 rings (SSSR count). The molecule has 0 aliphatic carbocycles. The molecule has 0 atom stereocenters. The van der Waals surface area contributed by atoms with Gasteiger partial charge >= 0.3 is 0 Å². The predicted octanol–water partition coefficient (Wildman–Crippen LogP) is 3.95. The molecule has 0 aliphatic rings. The first-order chi connectivity index (χ1) is 12.2. The number of hydrogen-bond donors (Lipinski definition) is 0. The Morgan fingerprint density at radius 3 is 2.48 bits per heavy atom. The standard InChI is InChI=1S/C19H19N3O2S/c1-24-16-11-9-15(10-12-16)18-20-19(25-2)22(21-18)17(23)13-8-14-6-4-3-5-7-14/h3-7,9-12H,8,13H2,1-2H3. The van der Waals surface area contributed by atoms with Gasteiger partial charge in [-0.2, -0.15) is 4.68 Å². The van der Waals surface area contributed by atoms with E-state index in [0.29, 0.717) is 23.8 Å². The van der Waals surface area contributed by atoms with E-state index in [1.807, 2.05) is 60.9 Å². The highest BCUT2D eigenvalue weighted by Crippen LogP contribution is 2.23. The van der Waals surface area contributed by atoms with E-state index in [1.54, 1.807) is 7.11 Å². The van der Waals surface area contributed by atoms with Crippen LogP contribution in [0.1, 0.15) is 16.8 Å². The summed E-state index contributed by atoms with van der Waals surface area (Å²) in [6.07, 6.45) is 2.97. The van der Waals surface area contributed by atoms with Gasteiger partial charge in [0.1, 0.15) is 5.75 Å². The number of methoxy groups -OCH3 is 1. The summed E-state index contributed by atoms with van der Waals surface area (Å²) in [4.78, 5) is 17.1. The maximum Gasteiger partial charge on any atom is 0.249 e. The number of aromatic nitrogens is 3. The maximum absolute atomic E-state index is 12.6. The van der Waals surface area contributed by atoms with Crippen molar-refractivity contribution < 1.29 is 9.53 Å². The van der Waals surface area contributed by atoms with Gasteiger partial charge in [0.15, 0.2) is 11.0 Å². The number of carbonyl (C=O) groups excluding carboxylic acids is 1. The van der Waals surface area contributed by atoms with Gasteiger partial charge in [-0.1, -0.05) is 42.1 Å². The molecule has 0 radical (unpaired) electrons. The Hall–Kier alpha value is -2.60. The summed E-state index contributed by atoms with van der Waals surface area (Å²) in [6, 6.07) is 17.4. The van der Waals surface area contributed by atoms with E-state index in [-0.39, 0.29) is 5.91 Å². The second-order valence-corrected chi connectivity index (χ2v) is 6.22. The SMILES string of the molecule is COc1ccc(-c2nc(SC)n(C(=O)CCc3ccccc3)n2)cc1. The van der Waals surface area contributed by atoms with E-state index in [4.69, 9.17) is 4.74 Å². The molecule has 6 heteroatoms. The van der Waals surface area contributed by atoms with Gasteiger partial charge in [0.05, 0.1) is 7.11 Å². The summed E-state index contributed by atoms with van der Waals surface area (Å²) in [5.41, 5.74) is 1.99. The van der Waals surface area contributed by atoms with E-state index >= 15 is 0 Å². The van der Waals surface area contributed by atoms with E-state index in [0.717, 1.165) is 16.9 Å². The van der Waals surface area contributed by atoms with Crippen LogP contribution in [0.4, 0.5) is 0 Å². The van der Waals surface area contributed by atoms with Gasteiger partial charge in [-0.25, -0.2) is 4.98 Å². The van der Waals surface area contributed by atoms with Crippen LogP contribution in [-0.2, 0) is 6.42 Å². The van der Waals surface area contributed by atoms with Crippen molar-refractivity contribution in [3.63, 3.8) is 0 Å². The molecule has 1 heterocycles. The molecule has 25 heavy (non-hydrogen) atoms. The number of nitrogens with zero attached hydrogens (tertiary/aromatic N) is 3. The van der Waals surface area contributed by atoms with Gasteiger partial charge in [-0.3, -0.25) is 4.79 Å². The maximum atomic E-state index is 12.6. The van der Waals surface area contributed by atoms with Crippen LogP contribution in [0.25, 0.3) is 11.4 Å². The zero-order valence-corrected chi connectivity index (χ0v) is 15.0. The minimum atomic E-state index is -0.0551. The fourth-order valence-electron chi connectivity index (χ4n) is 2.46. The second kappa shape index (κ2) is 7.98. The Kier molecular flexibility index (Phi) is 5.50.